The molecule has 0 aliphatic rings. The molecule has 110 valence electrons. The Hall–Kier alpha value is -1.64. The van der Waals surface area contributed by atoms with Gasteiger partial charge in [0.2, 0.25) is 5.91 Å². The molecule has 0 aliphatic heterocycles. The van der Waals surface area contributed by atoms with E-state index in [9.17, 15) is 9.18 Å². The predicted molar refractivity (Wildman–Crippen MR) is 82.1 cm³/mol. The van der Waals surface area contributed by atoms with Crippen LogP contribution in [0.1, 0.15) is 46.0 Å². The Bertz CT molecular complexity index is 442. The zero-order valence-corrected chi connectivity index (χ0v) is 12.4. The van der Waals surface area contributed by atoms with Crippen molar-refractivity contribution in [2.45, 2.75) is 46.0 Å². The van der Waals surface area contributed by atoms with E-state index in [4.69, 9.17) is 0 Å². The van der Waals surface area contributed by atoms with E-state index in [2.05, 4.69) is 11.4 Å². The molecule has 20 heavy (non-hydrogen) atoms. The Morgan fingerprint density at radius 1 is 1.40 bits per heavy atom. The van der Waals surface area contributed by atoms with E-state index < -0.39 is 0 Å². The quantitative estimate of drug-likeness (QED) is 0.530. The SMILES string of the molecule is CC=CCCCCC(CC)C(=O)Nc1cccc(F)c1. The van der Waals surface area contributed by atoms with Crippen LogP contribution in [0.15, 0.2) is 36.4 Å². The number of carbonyl (C=O) groups is 1. The number of allylic oxidation sites excluding steroid dienone is 2. The van der Waals surface area contributed by atoms with Gasteiger partial charge in [0, 0.05) is 11.6 Å². The number of hydrogen-bond donors (Lipinski definition) is 1. The number of nitrogens with one attached hydrogen (secondary N) is 1. The molecule has 0 radical (unpaired) electrons. The minimum Gasteiger partial charge on any atom is -0.326 e. The Labute approximate surface area is 121 Å². The molecule has 3 heteroatoms. The van der Waals surface area contributed by atoms with Crippen LogP contribution in [0.3, 0.4) is 0 Å². The van der Waals surface area contributed by atoms with Gasteiger partial charge in [-0.3, -0.25) is 4.79 Å². The topological polar surface area (TPSA) is 29.1 Å². The Morgan fingerprint density at radius 2 is 2.20 bits per heavy atom. The zero-order chi connectivity index (χ0) is 14.8. The van der Waals surface area contributed by atoms with Crippen LogP contribution in [-0.4, -0.2) is 5.91 Å². The van der Waals surface area contributed by atoms with Gasteiger partial charge in [-0.15, -0.1) is 0 Å². The molecule has 0 bridgehead atoms. The van der Waals surface area contributed by atoms with E-state index in [1.54, 1.807) is 12.1 Å². The van der Waals surface area contributed by atoms with Gasteiger partial charge >= 0.3 is 0 Å². The Kier molecular flexibility index (Phi) is 7.63. The Morgan fingerprint density at radius 3 is 2.85 bits per heavy atom. The lowest BCUT2D eigenvalue weighted by atomic mass is 9.97. The number of hydrogen-bond acceptors (Lipinski definition) is 1. The van der Waals surface area contributed by atoms with Gasteiger partial charge in [-0.1, -0.05) is 31.6 Å². The van der Waals surface area contributed by atoms with Crippen molar-refractivity contribution in [3.63, 3.8) is 0 Å². The lowest BCUT2D eigenvalue weighted by Crippen LogP contribution is -2.22. The van der Waals surface area contributed by atoms with Gasteiger partial charge in [0.05, 0.1) is 0 Å². The van der Waals surface area contributed by atoms with Gasteiger partial charge in [0.1, 0.15) is 5.82 Å². The molecule has 0 aliphatic carbocycles. The van der Waals surface area contributed by atoms with Crippen molar-refractivity contribution in [3.05, 3.63) is 42.2 Å². The van der Waals surface area contributed by atoms with E-state index in [1.165, 1.54) is 12.1 Å². The second kappa shape index (κ2) is 9.29. The lowest BCUT2D eigenvalue weighted by Gasteiger charge is -2.14. The molecule has 0 spiro atoms. The summed E-state index contributed by atoms with van der Waals surface area (Å²) in [7, 11) is 0. The van der Waals surface area contributed by atoms with Crippen LogP contribution in [0.5, 0.6) is 0 Å². The minimum absolute atomic E-state index is 0.00359. The Balaban J connectivity index is 2.42. The summed E-state index contributed by atoms with van der Waals surface area (Å²) in [6.07, 6.45) is 9.10. The summed E-state index contributed by atoms with van der Waals surface area (Å²) in [6.45, 7) is 4.03. The third-order valence-electron chi connectivity index (χ3n) is 3.36. The van der Waals surface area contributed by atoms with Gasteiger partial charge in [-0.05, 0) is 50.8 Å². The average molecular weight is 277 g/mol. The van der Waals surface area contributed by atoms with E-state index in [-0.39, 0.29) is 17.6 Å². The first kappa shape index (κ1) is 16.4. The van der Waals surface area contributed by atoms with Gasteiger partial charge < -0.3 is 5.32 Å². The van der Waals surface area contributed by atoms with Gasteiger partial charge in [0.25, 0.3) is 0 Å². The van der Waals surface area contributed by atoms with Crippen molar-refractivity contribution in [3.8, 4) is 0 Å². The summed E-state index contributed by atoms with van der Waals surface area (Å²) in [4.78, 5) is 12.1. The summed E-state index contributed by atoms with van der Waals surface area (Å²) >= 11 is 0. The standard InChI is InChI=1S/C17H24FNO/c1-3-5-6-7-8-10-14(4-2)17(20)19-16-12-9-11-15(18)13-16/h3,5,9,11-14H,4,6-8,10H2,1-2H3,(H,19,20). The first-order chi connectivity index (χ1) is 9.67. The lowest BCUT2D eigenvalue weighted by molar-refractivity contribution is -0.120. The van der Waals surface area contributed by atoms with Crippen molar-refractivity contribution in [2.75, 3.05) is 5.32 Å². The molecule has 0 saturated carbocycles. The van der Waals surface area contributed by atoms with Crippen molar-refractivity contribution in [1.29, 1.82) is 0 Å². The van der Waals surface area contributed by atoms with Crippen LogP contribution in [0.4, 0.5) is 10.1 Å². The van der Waals surface area contributed by atoms with Crippen LogP contribution < -0.4 is 5.32 Å². The highest BCUT2D eigenvalue weighted by molar-refractivity contribution is 5.92. The second-order valence-electron chi connectivity index (χ2n) is 4.96. The number of carbonyl (C=O) groups excluding carboxylic acids is 1. The number of halogens is 1. The third-order valence-corrected chi connectivity index (χ3v) is 3.36. The van der Waals surface area contributed by atoms with Crippen molar-refractivity contribution in [2.24, 2.45) is 5.92 Å². The van der Waals surface area contributed by atoms with Gasteiger partial charge in [0.15, 0.2) is 0 Å². The maximum absolute atomic E-state index is 13.1. The molecule has 1 amide bonds. The molecule has 2 nitrogen and oxygen atoms in total. The molecule has 1 aromatic rings. The van der Waals surface area contributed by atoms with Gasteiger partial charge in [-0.2, -0.15) is 0 Å². The molecule has 0 fully saturated rings. The van der Waals surface area contributed by atoms with Gasteiger partial charge in [-0.25, -0.2) is 4.39 Å². The maximum atomic E-state index is 13.1. The summed E-state index contributed by atoms with van der Waals surface area (Å²) in [5.74, 6) is -0.338. The van der Waals surface area contributed by atoms with Crippen LogP contribution in [-0.2, 0) is 4.79 Å². The number of anilines is 1. The van der Waals surface area contributed by atoms with Crippen LogP contribution in [0.25, 0.3) is 0 Å². The number of benzene rings is 1. The van der Waals surface area contributed by atoms with Crippen molar-refractivity contribution >= 4 is 11.6 Å². The molecule has 1 rings (SSSR count). The van der Waals surface area contributed by atoms with Crippen LogP contribution in [0.2, 0.25) is 0 Å². The average Bonchev–Trinajstić information content (AvgIpc) is 2.42. The highest BCUT2D eigenvalue weighted by Gasteiger charge is 2.16. The normalized spacial score (nSPS) is 12.6. The fourth-order valence-corrected chi connectivity index (χ4v) is 2.15. The maximum Gasteiger partial charge on any atom is 0.227 e. The molecular formula is C17H24FNO. The molecule has 1 unspecified atom stereocenters. The van der Waals surface area contributed by atoms with E-state index in [0.29, 0.717) is 5.69 Å². The van der Waals surface area contributed by atoms with E-state index in [0.717, 1.165) is 32.1 Å². The number of amides is 1. The molecule has 1 N–H and O–H groups in total. The fourth-order valence-electron chi connectivity index (χ4n) is 2.15. The summed E-state index contributed by atoms with van der Waals surface area (Å²) in [5, 5.41) is 2.79. The van der Waals surface area contributed by atoms with Crippen LogP contribution >= 0.6 is 0 Å². The number of unbranched alkanes of at least 4 members (excludes halogenated alkanes) is 2. The third kappa shape index (κ3) is 6.00. The highest BCUT2D eigenvalue weighted by atomic mass is 19.1. The van der Waals surface area contributed by atoms with Crippen molar-refractivity contribution < 1.29 is 9.18 Å². The minimum atomic E-state index is -0.331. The zero-order valence-electron chi connectivity index (χ0n) is 12.4. The molecule has 1 atom stereocenters. The van der Waals surface area contributed by atoms with Crippen LogP contribution in [0, 0.1) is 11.7 Å². The van der Waals surface area contributed by atoms with E-state index in [1.807, 2.05) is 19.9 Å². The predicted octanol–water partition coefficient (Wildman–Crippen LogP) is 4.93. The largest absolute Gasteiger partial charge is 0.326 e. The highest BCUT2D eigenvalue weighted by Crippen LogP contribution is 2.17. The first-order valence-corrected chi connectivity index (χ1v) is 7.35. The molecule has 0 aromatic heterocycles. The molecule has 0 saturated heterocycles. The van der Waals surface area contributed by atoms with E-state index >= 15 is 0 Å². The fraction of sp³-hybridized carbons (Fsp3) is 0.471. The summed E-state index contributed by atoms with van der Waals surface area (Å²) in [6, 6.07) is 6.02. The smallest absolute Gasteiger partial charge is 0.227 e. The summed E-state index contributed by atoms with van der Waals surface area (Å²) in [5.41, 5.74) is 0.530. The molecule has 0 heterocycles. The second-order valence-corrected chi connectivity index (χ2v) is 4.96. The summed E-state index contributed by atoms with van der Waals surface area (Å²) < 4.78 is 13.1. The molecular weight excluding hydrogens is 253 g/mol. The first-order valence-electron chi connectivity index (χ1n) is 7.35. The molecule has 1 aromatic carbocycles. The number of rotatable bonds is 8. The van der Waals surface area contributed by atoms with Crippen molar-refractivity contribution in [1.82, 2.24) is 0 Å². The monoisotopic (exact) mass is 277 g/mol.